The Bertz CT molecular complexity index is 421. The van der Waals surface area contributed by atoms with Gasteiger partial charge in [-0.1, -0.05) is 0 Å². The molecule has 0 aliphatic carbocycles. The average molecular weight is 257 g/mol. The molecule has 0 fully saturated rings. The van der Waals surface area contributed by atoms with E-state index < -0.39 is 17.5 Å². The van der Waals surface area contributed by atoms with Crippen molar-refractivity contribution in [2.24, 2.45) is 0 Å². The number of carbonyl (C=O) groups excluding carboxylic acids is 1. The second kappa shape index (κ2) is 6.44. The van der Waals surface area contributed by atoms with E-state index in [1.807, 2.05) is 0 Å². The fourth-order valence-electron chi connectivity index (χ4n) is 1.65. The third-order valence-electron chi connectivity index (χ3n) is 2.60. The van der Waals surface area contributed by atoms with Crippen LogP contribution in [0.1, 0.15) is 30.6 Å². The first kappa shape index (κ1) is 14.6. The maximum Gasteiger partial charge on any atom is 0.257 e. The fourth-order valence-corrected chi connectivity index (χ4v) is 1.65. The highest BCUT2D eigenvalue weighted by atomic mass is 19.1. The molecule has 3 nitrogen and oxygen atoms in total. The Morgan fingerprint density at radius 1 is 1.39 bits per heavy atom. The Morgan fingerprint density at radius 2 is 2.06 bits per heavy atom. The number of aliphatic hydroxyl groups excluding tert-OH is 1. The summed E-state index contributed by atoms with van der Waals surface area (Å²) in [5, 5.41) is 8.78. The molecule has 1 N–H and O–H groups in total. The number of halogens is 2. The highest BCUT2D eigenvalue weighted by Gasteiger charge is 2.21. The summed E-state index contributed by atoms with van der Waals surface area (Å²) in [6.45, 7) is 3.82. The molecule has 0 aliphatic rings. The summed E-state index contributed by atoms with van der Waals surface area (Å²) in [5.74, 6) is -1.95. The Hall–Kier alpha value is -1.49. The van der Waals surface area contributed by atoms with Gasteiger partial charge in [0.2, 0.25) is 0 Å². The summed E-state index contributed by atoms with van der Waals surface area (Å²) in [4.78, 5) is 13.5. The predicted octanol–water partition coefficient (Wildman–Crippen LogP) is 2.20. The van der Waals surface area contributed by atoms with Crippen molar-refractivity contribution in [2.45, 2.75) is 26.3 Å². The van der Waals surface area contributed by atoms with Gasteiger partial charge in [0.15, 0.2) is 0 Å². The monoisotopic (exact) mass is 257 g/mol. The Labute approximate surface area is 105 Å². The van der Waals surface area contributed by atoms with Crippen molar-refractivity contribution < 1.29 is 18.7 Å². The van der Waals surface area contributed by atoms with Crippen LogP contribution >= 0.6 is 0 Å². The summed E-state index contributed by atoms with van der Waals surface area (Å²) in [7, 11) is 0. The van der Waals surface area contributed by atoms with Crippen molar-refractivity contribution in [2.75, 3.05) is 13.2 Å². The largest absolute Gasteiger partial charge is 0.396 e. The number of rotatable bonds is 5. The topological polar surface area (TPSA) is 40.5 Å². The zero-order valence-corrected chi connectivity index (χ0v) is 10.5. The molecule has 0 atom stereocenters. The van der Waals surface area contributed by atoms with Crippen molar-refractivity contribution in [1.29, 1.82) is 0 Å². The van der Waals surface area contributed by atoms with Crippen LogP contribution in [0.25, 0.3) is 0 Å². The minimum atomic E-state index is -0.740. The van der Waals surface area contributed by atoms with E-state index in [-0.39, 0.29) is 18.2 Å². The highest BCUT2D eigenvalue weighted by Crippen LogP contribution is 2.14. The Morgan fingerprint density at radius 3 is 2.61 bits per heavy atom. The average Bonchev–Trinajstić information content (AvgIpc) is 2.32. The van der Waals surface area contributed by atoms with Crippen LogP contribution in [-0.4, -0.2) is 35.1 Å². The van der Waals surface area contributed by atoms with E-state index >= 15 is 0 Å². The lowest BCUT2D eigenvalue weighted by molar-refractivity contribution is 0.0688. The van der Waals surface area contributed by atoms with Crippen molar-refractivity contribution in [1.82, 2.24) is 4.90 Å². The van der Waals surface area contributed by atoms with Crippen molar-refractivity contribution >= 4 is 5.91 Å². The molecule has 100 valence electrons. The van der Waals surface area contributed by atoms with Gasteiger partial charge in [0, 0.05) is 19.2 Å². The summed E-state index contributed by atoms with van der Waals surface area (Å²) >= 11 is 0. The van der Waals surface area contributed by atoms with E-state index in [4.69, 9.17) is 5.11 Å². The van der Waals surface area contributed by atoms with Crippen LogP contribution in [0, 0.1) is 11.6 Å². The second-order valence-electron chi connectivity index (χ2n) is 4.29. The van der Waals surface area contributed by atoms with Gasteiger partial charge in [-0.05, 0) is 38.5 Å². The third kappa shape index (κ3) is 3.50. The zero-order valence-electron chi connectivity index (χ0n) is 10.5. The molecule has 0 aliphatic heterocycles. The lowest BCUT2D eigenvalue weighted by atomic mass is 10.1. The van der Waals surface area contributed by atoms with Crippen molar-refractivity contribution in [3.05, 3.63) is 35.4 Å². The first-order valence-electron chi connectivity index (χ1n) is 5.84. The summed E-state index contributed by atoms with van der Waals surface area (Å²) in [6.07, 6.45) is 0.404. The zero-order chi connectivity index (χ0) is 13.7. The molecule has 0 heterocycles. The normalized spacial score (nSPS) is 10.8. The molecule has 0 spiro atoms. The van der Waals surface area contributed by atoms with Crippen LogP contribution in [-0.2, 0) is 0 Å². The van der Waals surface area contributed by atoms with Gasteiger partial charge in [0.05, 0.1) is 5.56 Å². The van der Waals surface area contributed by atoms with Gasteiger partial charge in [-0.15, -0.1) is 0 Å². The van der Waals surface area contributed by atoms with E-state index in [1.54, 1.807) is 13.8 Å². The van der Waals surface area contributed by atoms with Gasteiger partial charge >= 0.3 is 0 Å². The van der Waals surface area contributed by atoms with Crippen LogP contribution < -0.4 is 0 Å². The smallest absolute Gasteiger partial charge is 0.257 e. The quantitative estimate of drug-likeness (QED) is 0.878. The molecule has 1 aromatic rings. The SMILES string of the molecule is CC(C)N(CCCO)C(=O)c1cc(F)ccc1F. The predicted molar refractivity (Wildman–Crippen MR) is 64.2 cm³/mol. The Kier molecular flexibility index (Phi) is 5.22. The molecule has 5 heteroatoms. The molecule has 0 aromatic heterocycles. The highest BCUT2D eigenvalue weighted by molar-refractivity contribution is 5.94. The van der Waals surface area contributed by atoms with Gasteiger partial charge in [-0.3, -0.25) is 4.79 Å². The van der Waals surface area contributed by atoms with E-state index in [0.717, 1.165) is 18.2 Å². The van der Waals surface area contributed by atoms with Crippen molar-refractivity contribution in [3.63, 3.8) is 0 Å². The Balaban J connectivity index is 2.98. The lowest BCUT2D eigenvalue weighted by Crippen LogP contribution is -2.38. The fraction of sp³-hybridized carbons (Fsp3) is 0.462. The number of aliphatic hydroxyl groups is 1. The van der Waals surface area contributed by atoms with Gasteiger partial charge < -0.3 is 10.0 Å². The van der Waals surface area contributed by atoms with E-state index in [2.05, 4.69) is 0 Å². The van der Waals surface area contributed by atoms with Crippen LogP contribution in [0.3, 0.4) is 0 Å². The molecule has 0 bridgehead atoms. The molecular weight excluding hydrogens is 240 g/mol. The third-order valence-corrected chi connectivity index (χ3v) is 2.60. The molecule has 0 saturated heterocycles. The molecular formula is C13H17F2NO2. The van der Waals surface area contributed by atoms with Crippen molar-refractivity contribution in [3.8, 4) is 0 Å². The lowest BCUT2D eigenvalue weighted by Gasteiger charge is -2.26. The molecule has 0 unspecified atom stereocenters. The maximum absolute atomic E-state index is 13.5. The van der Waals surface area contributed by atoms with Crippen LogP contribution in [0.4, 0.5) is 8.78 Å². The number of carbonyl (C=O) groups is 1. The molecule has 1 rings (SSSR count). The van der Waals surface area contributed by atoms with Gasteiger partial charge in [0.1, 0.15) is 11.6 Å². The van der Waals surface area contributed by atoms with Gasteiger partial charge in [-0.2, -0.15) is 0 Å². The van der Waals surface area contributed by atoms with Gasteiger partial charge in [0.25, 0.3) is 5.91 Å². The first-order valence-corrected chi connectivity index (χ1v) is 5.84. The van der Waals surface area contributed by atoms with E-state index in [1.165, 1.54) is 4.90 Å². The minimum absolute atomic E-state index is 0.0534. The minimum Gasteiger partial charge on any atom is -0.396 e. The maximum atomic E-state index is 13.5. The summed E-state index contributed by atoms with van der Waals surface area (Å²) < 4.78 is 26.5. The number of amides is 1. The summed E-state index contributed by atoms with van der Waals surface area (Å²) in [5.41, 5.74) is -0.276. The molecule has 18 heavy (non-hydrogen) atoms. The number of hydrogen-bond acceptors (Lipinski definition) is 2. The second-order valence-corrected chi connectivity index (χ2v) is 4.29. The number of hydrogen-bond donors (Lipinski definition) is 1. The molecule has 1 aromatic carbocycles. The molecule has 0 radical (unpaired) electrons. The number of benzene rings is 1. The van der Waals surface area contributed by atoms with Crippen LogP contribution in [0.5, 0.6) is 0 Å². The van der Waals surface area contributed by atoms with Gasteiger partial charge in [-0.25, -0.2) is 8.78 Å². The van der Waals surface area contributed by atoms with E-state index in [0.29, 0.717) is 13.0 Å². The standard InChI is InChI=1S/C13H17F2NO2/c1-9(2)16(6-3-7-17)13(18)11-8-10(14)4-5-12(11)15/h4-5,8-9,17H,3,6-7H2,1-2H3. The van der Waals surface area contributed by atoms with E-state index in [9.17, 15) is 13.6 Å². The molecule has 0 saturated carbocycles. The van der Waals surface area contributed by atoms with Crippen LogP contribution in [0.15, 0.2) is 18.2 Å². The first-order chi connectivity index (χ1) is 8.47. The number of nitrogens with zero attached hydrogens (tertiary/aromatic N) is 1. The molecule has 1 amide bonds. The van der Waals surface area contributed by atoms with Crippen LogP contribution in [0.2, 0.25) is 0 Å². The summed E-state index contributed by atoms with van der Waals surface area (Å²) in [6, 6.07) is 2.66.